The van der Waals surface area contributed by atoms with Crippen molar-refractivity contribution >= 4 is 0 Å². The van der Waals surface area contributed by atoms with Gasteiger partial charge in [-0.3, -0.25) is 4.90 Å². The summed E-state index contributed by atoms with van der Waals surface area (Å²) in [5.41, 5.74) is 3.04. The predicted molar refractivity (Wildman–Crippen MR) is 65.4 cm³/mol. The maximum Gasteiger partial charge on any atom is 0.120 e. The summed E-state index contributed by atoms with van der Waals surface area (Å²) < 4.78 is 1.93. The number of β-amino-alcohol motifs (C(OH)–C–C–N with tert-alkyl or cyclic N) is 1. The zero-order valence-electron chi connectivity index (χ0n) is 10.5. The SMILES string of the molecule is Cc1c(CN2CCCC(O)C2)cc(C#N)n1C. The molecule has 2 rings (SSSR count). The van der Waals surface area contributed by atoms with E-state index in [4.69, 9.17) is 5.26 Å². The zero-order valence-corrected chi connectivity index (χ0v) is 10.5. The van der Waals surface area contributed by atoms with E-state index in [0.29, 0.717) is 5.69 Å². The third-order valence-electron chi connectivity index (χ3n) is 3.63. The number of likely N-dealkylation sites (tertiary alicyclic amines) is 1. The number of nitrogens with zero attached hydrogens (tertiary/aromatic N) is 3. The summed E-state index contributed by atoms with van der Waals surface area (Å²) in [4.78, 5) is 2.26. The highest BCUT2D eigenvalue weighted by Gasteiger charge is 2.19. The largest absolute Gasteiger partial charge is 0.392 e. The van der Waals surface area contributed by atoms with Crippen LogP contribution in [0.2, 0.25) is 0 Å². The minimum absolute atomic E-state index is 0.191. The normalized spacial score (nSPS) is 21.4. The van der Waals surface area contributed by atoms with Crippen LogP contribution < -0.4 is 0 Å². The molecule has 17 heavy (non-hydrogen) atoms. The van der Waals surface area contributed by atoms with Crippen LogP contribution in [0.25, 0.3) is 0 Å². The molecule has 0 aliphatic carbocycles. The Hall–Kier alpha value is -1.31. The molecule has 1 aliphatic rings. The molecule has 92 valence electrons. The number of aliphatic hydroxyl groups is 1. The lowest BCUT2D eigenvalue weighted by Crippen LogP contribution is -2.37. The first-order chi connectivity index (χ1) is 8.11. The lowest BCUT2D eigenvalue weighted by atomic mass is 10.1. The highest BCUT2D eigenvalue weighted by atomic mass is 16.3. The van der Waals surface area contributed by atoms with E-state index >= 15 is 0 Å². The molecule has 1 aromatic heterocycles. The molecule has 4 heteroatoms. The van der Waals surface area contributed by atoms with E-state index in [1.54, 1.807) is 0 Å². The van der Waals surface area contributed by atoms with Gasteiger partial charge in [-0.25, -0.2) is 0 Å². The Kier molecular flexibility index (Phi) is 3.51. The second kappa shape index (κ2) is 4.91. The van der Waals surface area contributed by atoms with Crippen molar-refractivity contribution < 1.29 is 5.11 Å². The summed E-state index contributed by atoms with van der Waals surface area (Å²) in [5.74, 6) is 0. The number of aliphatic hydroxyl groups excluding tert-OH is 1. The van der Waals surface area contributed by atoms with Crippen LogP contribution in [0.15, 0.2) is 6.07 Å². The maximum absolute atomic E-state index is 9.63. The zero-order chi connectivity index (χ0) is 12.4. The lowest BCUT2D eigenvalue weighted by Gasteiger charge is -2.29. The van der Waals surface area contributed by atoms with Crippen LogP contribution in [-0.4, -0.2) is 33.8 Å². The van der Waals surface area contributed by atoms with Gasteiger partial charge in [0.2, 0.25) is 0 Å². The van der Waals surface area contributed by atoms with Crippen LogP contribution in [0, 0.1) is 18.3 Å². The van der Waals surface area contributed by atoms with Gasteiger partial charge < -0.3 is 9.67 Å². The standard InChI is InChI=1S/C13H19N3O/c1-10-11(6-12(7-14)15(10)2)8-16-5-3-4-13(17)9-16/h6,13,17H,3-5,8-9H2,1-2H3. The summed E-state index contributed by atoms with van der Waals surface area (Å²) in [5, 5.41) is 18.6. The minimum Gasteiger partial charge on any atom is -0.392 e. The Morgan fingerprint density at radius 3 is 2.94 bits per heavy atom. The van der Waals surface area contributed by atoms with Gasteiger partial charge >= 0.3 is 0 Å². The van der Waals surface area contributed by atoms with Crippen LogP contribution in [0.5, 0.6) is 0 Å². The highest BCUT2D eigenvalue weighted by Crippen LogP contribution is 2.18. The lowest BCUT2D eigenvalue weighted by molar-refractivity contribution is 0.0667. The molecule has 1 fully saturated rings. The second-order valence-corrected chi connectivity index (χ2v) is 4.84. The maximum atomic E-state index is 9.63. The summed E-state index contributed by atoms with van der Waals surface area (Å²) >= 11 is 0. The summed E-state index contributed by atoms with van der Waals surface area (Å²) in [6.07, 6.45) is 1.77. The molecule has 0 amide bonds. The fourth-order valence-corrected chi connectivity index (χ4v) is 2.45. The molecule has 0 radical (unpaired) electrons. The summed E-state index contributed by atoms with van der Waals surface area (Å²) in [7, 11) is 1.92. The molecule has 1 atom stereocenters. The van der Waals surface area contributed by atoms with Crippen molar-refractivity contribution in [2.45, 2.75) is 32.4 Å². The van der Waals surface area contributed by atoms with Gasteiger partial charge in [0, 0.05) is 25.8 Å². The van der Waals surface area contributed by atoms with Gasteiger partial charge in [0.1, 0.15) is 11.8 Å². The number of rotatable bonds is 2. The molecule has 1 N–H and O–H groups in total. The molecule has 0 bridgehead atoms. The minimum atomic E-state index is -0.191. The number of nitriles is 1. The van der Waals surface area contributed by atoms with Crippen molar-refractivity contribution in [3.63, 3.8) is 0 Å². The molecule has 1 aromatic rings. The number of hydrogen-bond donors (Lipinski definition) is 1. The van der Waals surface area contributed by atoms with E-state index < -0.39 is 0 Å². The van der Waals surface area contributed by atoms with Gasteiger partial charge in [-0.2, -0.15) is 5.26 Å². The third-order valence-corrected chi connectivity index (χ3v) is 3.63. The van der Waals surface area contributed by atoms with E-state index in [1.807, 2.05) is 24.6 Å². The number of hydrogen-bond acceptors (Lipinski definition) is 3. The van der Waals surface area contributed by atoms with Gasteiger partial charge in [-0.05, 0) is 37.9 Å². The molecular formula is C13H19N3O. The Morgan fingerprint density at radius 2 is 2.35 bits per heavy atom. The van der Waals surface area contributed by atoms with Crippen molar-refractivity contribution in [2.75, 3.05) is 13.1 Å². The Balaban J connectivity index is 2.11. The summed E-state index contributed by atoms with van der Waals surface area (Å²) in [6.45, 7) is 4.65. The predicted octanol–water partition coefficient (Wildman–Crippen LogP) is 1.16. The molecule has 2 heterocycles. The number of aromatic nitrogens is 1. The molecule has 1 unspecified atom stereocenters. The molecule has 1 aliphatic heterocycles. The van der Waals surface area contributed by atoms with Gasteiger partial charge in [-0.15, -0.1) is 0 Å². The quantitative estimate of drug-likeness (QED) is 0.834. The van der Waals surface area contributed by atoms with Crippen LogP contribution in [0.3, 0.4) is 0 Å². The van der Waals surface area contributed by atoms with Crippen LogP contribution in [0.4, 0.5) is 0 Å². The van der Waals surface area contributed by atoms with E-state index in [1.165, 1.54) is 5.56 Å². The van der Waals surface area contributed by atoms with Gasteiger partial charge in [0.15, 0.2) is 0 Å². The van der Waals surface area contributed by atoms with E-state index in [2.05, 4.69) is 11.0 Å². The first-order valence-electron chi connectivity index (χ1n) is 6.07. The van der Waals surface area contributed by atoms with Crippen molar-refractivity contribution in [2.24, 2.45) is 7.05 Å². The van der Waals surface area contributed by atoms with Gasteiger partial charge in [0.25, 0.3) is 0 Å². The summed E-state index contributed by atoms with van der Waals surface area (Å²) in [6, 6.07) is 4.15. The van der Waals surface area contributed by atoms with Crippen molar-refractivity contribution in [3.05, 3.63) is 23.0 Å². The average molecular weight is 233 g/mol. The monoisotopic (exact) mass is 233 g/mol. The average Bonchev–Trinajstić information content (AvgIpc) is 2.57. The van der Waals surface area contributed by atoms with Crippen LogP contribution in [0.1, 0.15) is 29.8 Å². The topological polar surface area (TPSA) is 52.2 Å². The van der Waals surface area contributed by atoms with E-state index in [-0.39, 0.29) is 6.10 Å². The first kappa shape index (κ1) is 12.2. The van der Waals surface area contributed by atoms with Crippen molar-refractivity contribution in [1.82, 2.24) is 9.47 Å². The first-order valence-corrected chi connectivity index (χ1v) is 6.07. The molecule has 0 aromatic carbocycles. The van der Waals surface area contributed by atoms with Crippen molar-refractivity contribution in [3.8, 4) is 6.07 Å². The van der Waals surface area contributed by atoms with Crippen LogP contribution in [-0.2, 0) is 13.6 Å². The molecule has 0 saturated carbocycles. The van der Waals surface area contributed by atoms with Crippen molar-refractivity contribution in [1.29, 1.82) is 5.26 Å². The van der Waals surface area contributed by atoms with Crippen LogP contribution >= 0.6 is 0 Å². The van der Waals surface area contributed by atoms with E-state index in [0.717, 1.165) is 38.2 Å². The number of piperidine rings is 1. The van der Waals surface area contributed by atoms with E-state index in [9.17, 15) is 5.11 Å². The highest BCUT2D eigenvalue weighted by molar-refractivity contribution is 5.34. The smallest absolute Gasteiger partial charge is 0.120 e. The molecular weight excluding hydrogens is 214 g/mol. The fraction of sp³-hybridized carbons (Fsp3) is 0.615. The second-order valence-electron chi connectivity index (χ2n) is 4.84. The Morgan fingerprint density at radius 1 is 1.59 bits per heavy atom. The Labute approximate surface area is 102 Å². The fourth-order valence-electron chi connectivity index (χ4n) is 2.45. The molecule has 4 nitrogen and oxygen atoms in total. The van der Waals surface area contributed by atoms with Gasteiger partial charge in [0.05, 0.1) is 6.10 Å². The third kappa shape index (κ3) is 2.51. The molecule has 1 saturated heterocycles. The van der Waals surface area contributed by atoms with Gasteiger partial charge in [-0.1, -0.05) is 0 Å². The molecule has 0 spiro atoms. The Bertz CT molecular complexity index is 444.